The summed E-state index contributed by atoms with van der Waals surface area (Å²) in [6.07, 6.45) is 1.28. The average molecular weight is 403 g/mol. The van der Waals surface area contributed by atoms with E-state index in [0.29, 0.717) is 16.1 Å². The molecule has 0 aliphatic heterocycles. The monoisotopic (exact) mass is 402 g/mol. The highest BCUT2D eigenvalue weighted by atomic mass is 79.9. The van der Waals surface area contributed by atoms with Crippen LogP contribution in [0.1, 0.15) is 40.7 Å². The van der Waals surface area contributed by atoms with E-state index in [1.165, 1.54) is 6.20 Å². The minimum absolute atomic E-state index is 0.0410. The topological polar surface area (TPSA) is 76.1 Å². The first-order valence-corrected chi connectivity index (χ1v) is 9.59. The molecule has 118 valence electrons. The zero-order valence-electron chi connectivity index (χ0n) is 12.3. The fourth-order valence-electron chi connectivity index (χ4n) is 1.77. The zero-order chi connectivity index (χ0) is 16.5. The molecule has 0 unspecified atom stereocenters. The molecular weight excluding hydrogens is 388 g/mol. The van der Waals surface area contributed by atoms with Gasteiger partial charge in [-0.2, -0.15) is 0 Å². The van der Waals surface area contributed by atoms with E-state index < -0.39 is 15.9 Å². The molecule has 1 aromatic heterocycles. The van der Waals surface area contributed by atoms with Crippen molar-refractivity contribution in [2.75, 3.05) is 0 Å². The fourth-order valence-corrected chi connectivity index (χ4v) is 4.37. The van der Waals surface area contributed by atoms with Crippen LogP contribution in [0.4, 0.5) is 0 Å². The van der Waals surface area contributed by atoms with Crippen molar-refractivity contribution in [1.29, 1.82) is 0 Å². The van der Waals surface area contributed by atoms with E-state index in [9.17, 15) is 13.2 Å². The van der Waals surface area contributed by atoms with E-state index >= 15 is 0 Å². The third-order valence-corrected chi connectivity index (χ3v) is 6.50. The van der Waals surface area contributed by atoms with Crippen LogP contribution < -0.4 is 4.72 Å². The third kappa shape index (κ3) is 3.74. The number of nitrogens with zero attached hydrogens (tertiary/aromatic N) is 1. The van der Waals surface area contributed by atoms with Gasteiger partial charge in [-0.25, -0.2) is 18.1 Å². The maximum absolute atomic E-state index is 12.3. The molecule has 0 fully saturated rings. The summed E-state index contributed by atoms with van der Waals surface area (Å²) in [4.78, 5) is 16.3. The minimum atomic E-state index is -3.90. The Labute approximate surface area is 142 Å². The summed E-state index contributed by atoms with van der Waals surface area (Å²) in [6, 6.07) is 5.03. The van der Waals surface area contributed by atoms with Crippen LogP contribution in [0.15, 0.2) is 33.1 Å². The van der Waals surface area contributed by atoms with Gasteiger partial charge in [-0.3, -0.25) is 4.79 Å². The highest BCUT2D eigenvalue weighted by molar-refractivity contribution is 9.10. The second-order valence-corrected chi connectivity index (χ2v) is 8.95. The van der Waals surface area contributed by atoms with Crippen molar-refractivity contribution in [3.8, 4) is 0 Å². The van der Waals surface area contributed by atoms with Crippen molar-refractivity contribution in [3.63, 3.8) is 0 Å². The molecule has 0 saturated carbocycles. The summed E-state index contributed by atoms with van der Waals surface area (Å²) in [5, 5.41) is 0.715. The molecule has 0 bridgehead atoms. The van der Waals surface area contributed by atoms with Gasteiger partial charge >= 0.3 is 0 Å². The number of aryl methyl sites for hydroxylation is 1. The van der Waals surface area contributed by atoms with Crippen LogP contribution in [-0.4, -0.2) is 19.3 Å². The predicted octanol–water partition coefficient (Wildman–Crippen LogP) is 3.46. The Kier molecular flexibility index (Phi) is 5.03. The summed E-state index contributed by atoms with van der Waals surface area (Å²) < 4.78 is 27.5. The number of rotatable bonds is 4. The second kappa shape index (κ2) is 6.47. The lowest BCUT2D eigenvalue weighted by Crippen LogP contribution is -2.30. The van der Waals surface area contributed by atoms with Crippen molar-refractivity contribution in [1.82, 2.24) is 9.71 Å². The van der Waals surface area contributed by atoms with Crippen LogP contribution in [0, 0.1) is 6.92 Å². The fraction of sp³-hybridized carbons (Fsp3) is 0.286. The van der Waals surface area contributed by atoms with Gasteiger partial charge in [-0.1, -0.05) is 29.8 Å². The number of halogens is 1. The quantitative estimate of drug-likeness (QED) is 0.849. The van der Waals surface area contributed by atoms with E-state index in [1.54, 1.807) is 25.1 Å². The highest BCUT2D eigenvalue weighted by Crippen LogP contribution is 2.25. The van der Waals surface area contributed by atoms with E-state index in [2.05, 4.69) is 25.6 Å². The van der Waals surface area contributed by atoms with E-state index in [4.69, 9.17) is 0 Å². The Morgan fingerprint density at radius 1 is 1.36 bits per heavy atom. The normalized spacial score (nSPS) is 11.7. The summed E-state index contributed by atoms with van der Waals surface area (Å²) in [7, 11) is -3.90. The van der Waals surface area contributed by atoms with Crippen LogP contribution in [0.5, 0.6) is 0 Å². The number of hydrogen-bond acceptors (Lipinski definition) is 5. The first kappa shape index (κ1) is 17.1. The van der Waals surface area contributed by atoms with E-state index in [0.717, 1.165) is 15.8 Å². The van der Waals surface area contributed by atoms with Gasteiger partial charge in [-0.05, 0) is 30.7 Å². The lowest BCUT2D eigenvalue weighted by molar-refractivity contribution is 0.0981. The molecule has 22 heavy (non-hydrogen) atoms. The first-order chi connectivity index (χ1) is 10.2. The number of carbonyl (C=O) groups excluding carboxylic acids is 1. The van der Waals surface area contributed by atoms with Gasteiger partial charge < -0.3 is 0 Å². The molecule has 2 rings (SSSR count). The Hall–Kier alpha value is -1.25. The molecule has 0 radical (unpaired) electrons. The van der Waals surface area contributed by atoms with E-state index in [-0.39, 0.29) is 10.1 Å². The van der Waals surface area contributed by atoms with Crippen LogP contribution >= 0.6 is 27.3 Å². The Morgan fingerprint density at radius 2 is 2.05 bits per heavy atom. The highest BCUT2D eigenvalue weighted by Gasteiger charge is 2.23. The molecule has 1 heterocycles. The number of aromatic nitrogens is 1. The number of amides is 1. The van der Waals surface area contributed by atoms with Crippen LogP contribution in [-0.2, 0) is 10.0 Å². The first-order valence-electron chi connectivity index (χ1n) is 6.49. The van der Waals surface area contributed by atoms with Gasteiger partial charge in [0.25, 0.3) is 15.9 Å². The number of hydrogen-bond donors (Lipinski definition) is 1. The minimum Gasteiger partial charge on any atom is -0.268 e. The molecule has 5 nitrogen and oxygen atoms in total. The molecule has 0 aliphatic rings. The molecule has 0 spiro atoms. The average Bonchev–Trinajstić information content (AvgIpc) is 2.88. The maximum Gasteiger partial charge on any atom is 0.275 e. The number of benzene rings is 1. The SMILES string of the molecule is Cc1cc(Br)ccc1C(=O)NS(=O)(=O)c1cnc(C(C)C)s1. The largest absolute Gasteiger partial charge is 0.275 e. The van der Waals surface area contributed by atoms with Crippen molar-refractivity contribution < 1.29 is 13.2 Å². The molecule has 1 aromatic carbocycles. The van der Waals surface area contributed by atoms with E-state index in [1.807, 2.05) is 13.8 Å². The standard InChI is InChI=1S/C14H15BrN2O3S2/c1-8(2)14-16-7-12(21-14)22(19,20)17-13(18)11-5-4-10(15)6-9(11)3/h4-8H,1-3H3,(H,17,18). The molecule has 8 heteroatoms. The predicted molar refractivity (Wildman–Crippen MR) is 89.7 cm³/mol. The lowest BCUT2D eigenvalue weighted by Gasteiger charge is -2.07. The Morgan fingerprint density at radius 3 is 2.59 bits per heavy atom. The van der Waals surface area contributed by atoms with Crippen LogP contribution in [0.3, 0.4) is 0 Å². The Bertz CT molecular complexity index is 813. The molecule has 1 N–H and O–H groups in total. The number of thiazole rings is 1. The Balaban J connectivity index is 2.25. The number of sulfonamides is 1. The molecule has 1 amide bonds. The smallest absolute Gasteiger partial charge is 0.268 e. The number of carbonyl (C=O) groups is 1. The molecular formula is C14H15BrN2O3S2. The summed E-state index contributed by atoms with van der Waals surface area (Å²) in [5.74, 6) is -0.511. The molecule has 0 aliphatic carbocycles. The van der Waals surface area contributed by atoms with Gasteiger partial charge in [0.05, 0.1) is 11.2 Å². The van der Waals surface area contributed by atoms with Gasteiger partial charge in [0.15, 0.2) is 4.21 Å². The zero-order valence-corrected chi connectivity index (χ0v) is 15.5. The van der Waals surface area contributed by atoms with Crippen molar-refractivity contribution in [3.05, 3.63) is 45.0 Å². The van der Waals surface area contributed by atoms with Crippen LogP contribution in [0.2, 0.25) is 0 Å². The maximum atomic E-state index is 12.3. The van der Waals surface area contributed by atoms with Gasteiger partial charge in [0.1, 0.15) is 0 Å². The van der Waals surface area contributed by atoms with Gasteiger partial charge in [0, 0.05) is 16.0 Å². The number of nitrogens with one attached hydrogen (secondary N) is 1. The van der Waals surface area contributed by atoms with Gasteiger partial charge in [-0.15, -0.1) is 11.3 Å². The van der Waals surface area contributed by atoms with Crippen LogP contribution in [0.25, 0.3) is 0 Å². The lowest BCUT2D eigenvalue weighted by atomic mass is 10.1. The third-order valence-electron chi connectivity index (χ3n) is 2.92. The van der Waals surface area contributed by atoms with Gasteiger partial charge in [0.2, 0.25) is 0 Å². The summed E-state index contributed by atoms with van der Waals surface area (Å²) in [6.45, 7) is 5.61. The van der Waals surface area contributed by atoms with Crippen molar-refractivity contribution >= 4 is 43.2 Å². The van der Waals surface area contributed by atoms with Crippen molar-refractivity contribution in [2.45, 2.75) is 30.9 Å². The summed E-state index contributed by atoms with van der Waals surface area (Å²) >= 11 is 4.37. The molecule has 0 atom stereocenters. The second-order valence-electron chi connectivity index (χ2n) is 5.07. The van der Waals surface area contributed by atoms with Crippen molar-refractivity contribution in [2.24, 2.45) is 0 Å². The molecule has 0 saturated heterocycles. The molecule has 2 aromatic rings. The summed E-state index contributed by atoms with van der Waals surface area (Å²) in [5.41, 5.74) is 1.01.